The first-order valence-corrected chi connectivity index (χ1v) is 20.6. The summed E-state index contributed by atoms with van der Waals surface area (Å²) in [4.78, 5) is 27.3. The molecule has 47 heavy (non-hydrogen) atoms. The molecule has 0 bridgehead atoms. The second-order valence-electron chi connectivity index (χ2n) is 14.6. The Labute approximate surface area is 292 Å². The Kier molecular flexibility index (Phi) is 27.8. The largest absolute Gasteiger partial charge is 0.354 e. The summed E-state index contributed by atoms with van der Waals surface area (Å²) in [5.74, 6) is 0.0295. The molecule has 0 aliphatic rings. The SMILES string of the molecule is CCCCCCCCCCCCCCCCCC(=O)N[C@](Cc1ccccc1)(C(=O)NCCCCCCCCCCCC)C(C)CC. The van der Waals surface area contributed by atoms with E-state index in [-0.39, 0.29) is 17.7 Å². The van der Waals surface area contributed by atoms with E-state index in [1.807, 2.05) is 18.2 Å². The molecule has 2 amide bonds. The lowest BCUT2D eigenvalue weighted by Gasteiger charge is -2.38. The highest BCUT2D eigenvalue weighted by Crippen LogP contribution is 2.27. The molecule has 0 spiro atoms. The molecule has 0 saturated carbocycles. The summed E-state index contributed by atoms with van der Waals surface area (Å²) in [5.41, 5.74) is 0.162. The summed E-state index contributed by atoms with van der Waals surface area (Å²) < 4.78 is 0. The molecule has 1 unspecified atom stereocenters. The number of rotatable bonds is 33. The van der Waals surface area contributed by atoms with Crippen LogP contribution < -0.4 is 10.6 Å². The molecule has 1 aromatic rings. The third-order valence-electron chi connectivity index (χ3n) is 10.4. The van der Waals surface area contributed by atoms with E-state index in [1.54, 1.807) is 0 Å². The molecule has 0 fully saturated rings. The Morgan fingerprint density at radius 2 is 0.979 bits per heavy atom. The minimum atomic E-state index is -0.929. The van der Waals surface area contributed by atoms with Gasteiger partial charge in [0.1, 0.15) is 5.54 Å². The molecule has 272 valence electrons. The Hall–Kier alpha value is -1.84. The Morgan fingerprint density at radius 3 is 1.40 bits per heavy atom. The molecule has 0 radical (unpaired) electrons. The summed E-state index contributed by atoms with van der Waals surface area (Å²) in [5, 5.41) is 6.58. The standard InChI is InChI=1S/C43H78N2O2/c1-5-8-10-12-14-16-18-19-20-21-22-23-25-27-32-36-41(46)45-43(39(4)7-3,38-40-34-30-29-31-35-40)42(47)44-37-33-28-26-24-17-15-13-11-9-6-2/h29-31,34-35,39H,5-28,32-33,36-38H2,1-4H3,(H,44,47)(H,45,46)/t39?,43-/m0/s1. The second-order valence-corrected chi connectivity index (χ2v) is 14.6. The summed E-state index contributed by atoms with van der Waals surface area (Å²) >= 11 is 0. The van der Waals surface area contributed by atoms with Crippen LogP contribution in [0, 0.1) is 5.92 Å². The van der Waals surface area contributed by atoms with E-state index in [2.05, 4.69) is 50.5 Å². The molecule has 0 aromatic heterocycles. The lowest BCUT2D eigenvalue weighted by Crippen LogP contribution is -2.64. The van der Waals surface area contributed by atoms with Crippen LogP contribution in [-0.2, 0) is 16.0 Å². The number of benzene rings is 1. The Morgan fingerprint density at radius 1 is 0.574 bits per heavy atom. The number of carbonyl (C=O) groups is 2. The van der Waals surface area contributed by atoms with Gasteiger partial charge in [-0.1, -0.05) is 212 Å². The zero-order valence-electron chi connectivity index (χ0n) is 31.8. The van der Waals surface area contributed by atoms with Crippen molar-refractivity contribution in [3.63, 3.8) is 0 Å². The van der Waals surface area contributed by atoms with Crippen molar-refractivity contribution in [1.29, 1.82) is 0 Å². The Balaban J connectivity index is 2.45. The Bertz CT molecular complexity index is 857. The number of hydrogen-bond donors (Lipinski definition) is 2. The van der Waals surface area contributed by atoms with Crippen molar-refractivity contribution in [2.75, 3.05) is 6.54 Å². The first kappa shape index (κ1) is 43.2. The molecule has 0 aliphatic heterocycles. The highest BCUT2D eigenvalue weighted by molar-refractivity contribution is 5.92. The van der Waals surface area contributed by atoms with Crippen molar-refractivity contribution in [3.8, 4) is 0 Å². The molecule has 2 atom stereocenters. The van der Waals surface area contributed by atoms with Crippen LogP contribution in [0.4, 0.5) is 0 Å². The average molecular weight is 655 g/mol. The summed E-state index contributed by atoms with van der Waals surface area (Å²) in [7, 11) is 0. The number of carbonyl (C=O) groups excluding carboxylic acids is 2. The lowest BCUT2D eigenvalue weighted by molar-refractivity contribution is -0.136. The van der Waals surface area contributed by atoms with Gasteiger partial charge in [0.25, 0.3) is 0 Å². The van der Waals surface area contributed by atoms with E-state index in [0.717, 1.165) is 37.7 Å². The van der Waals surface area contributed by atoms with Gasteiger partial charge in [-0.15, -0.1) is 0 Å². The molecule has 4 nitrogen and oxygen atoms in total. The van der Waals surface area contributed by atoms with E-state index in [0.29, 0.717) is 19.4 Å². The fourth-order valence-electron chi connectivity index (χ4n) is 6.91. The molecule has 0 heterocycles. The van der Waals surface area contributed by atoms with Crippen LogP contribution in [0.1, 0.15) is 207 Å². The quantitative estimate of drug-likeness (QED) is 0.0741. The molecule has 0 aliphatic carbocycles. The van der Waals surface area contributed by atoms with Gasteiger partial charge >= 0.3 is 0 Å². The molecular formula is C43H78N2O2. The molecule has 1 aromatic carbocycles. The van der Waals surface area contributed by atoms with E-state index in [1.165, 1.54) is 135 Å². The van der Waals surface area contributed by atoms with Gasteiger partial charge in [0.05, 0.1) is 0 Å². The number of nitrogens with one attached hydrogen (secondary N) is 2. The van der Waals surface area contributed by atoms with Crippen LogP contribution in [0.2, 0.25) is 0 Å². The third-order valence-corrected chi connectivity index (χ3v) is 10.4. The molecular weight excluding hydrogens is 576 g/mol. The van der Waals surface area contributed by atoms with Gasteiger partial charge in [-0.25, -0.2) is 0 Å². The maximum Gasteiger partial charge on any atom is 0.246 e. The molecule has 0 saturated heterocycles. The highest BCUT2D eigenvalue weighted by atomic mass is 16.2. The molecule has 4 heteroatoms. The third kappa shape index (κ3) is 21.7. The van der Waals surface area contributed by atoms with Gasteiger partial charge in [-0.05, 0) is 24.3 Å². The summed E-state index contributed by atoms with van der Waals surface area (Å²) in [6.45, 7) is 9.48. The monoisotopic (exact) mass is 655 g/mol. The van der Waals surface area contributed by atoms with Gasteiger partial charge in [0.15, 0.2) is 0 Å². The van der Waals surface area contributed by atoms with E-state index >= 15 is 0 Å². The van der Waals surface area contributed by atoms with Gasteiger partial charge in [0.2, 0.25) is 11.8 Å². The van der Waals surface area contributed by atoms with E-state index in [4.69, 9.17) is 0 Å². The minimum absolute atomic E-state index is 0.0172. The number of hydrogen-bond acceptors (Lipinski definition) is 2. The van der Waals surface area contributed by atoms with Crippen molar-refractivity contribution < 1.29 is 9.59 Å². The molecule has 1 rings (SSSR count). The zero-order valence-corrected chi connectivity index (χ0v) is 31.8. The number of unbranched alkanes of at least 4 members (excludes halogenated alkanes) is 23. The fraction of sp³-hybridized carbons (Fsp3) is 0.814. The predicted molar refractivity (Wildman–Crippen MR) is 205 cm³/mol. The van der Waals surface area contributed by atoms with Crippen molar-refractivity contribution in [2.24, 2.45) is 5.92 Å². The van der Waals surface area contributed by atoms with Crippen LogP contribution in [0.15, 0.2) is 30.3 Å². The smallest absolute Gasteiger partial charge is 0.246 e. The van der Waals surface area contributed by atoms with Crippen molar-refractivity contribution in [1.82, 2.24) is 10.6 Å². The average Bonchev–Trinajstić information content (AvgIpc) is 3.08. The predicted octanol–water partition coefficient (Wildman–Crippen LogP) is 12.4. The molecule has 2 N–H and O–H groups in total. The van der Waals surface area contributed by atoms with Crippen molar-refractivity contribution in [2.45, 2.75) is 213 Å². The van der Waals surface area contributed by atoms with Crippen LogP contribution in [0.3, 0.4) is 0 Å². The van der Waals surface area contributed by atoms with Crippen LogP contribution in [-0.4, -0.2) is 23.9 Å². The minimum Gasteiger partial charge on any atom is -0.354 e. The van der Waals surface area contributed by atoms with Crippen molar-refractivity contribution >= 4 is 11.8 Å². The zero-order chi connectivity index (χ0) is 34.3. The number of amides is 2. The van der Waals surface area contributed by atoms with Crippen LogP contribution >= 0.6 is 0 Å². The normalized spacial score (nSPS) is 13.3. The van der Waals surface area contributed by atoms with Gasteiger partial charge in [0, 0.05) is 19.4 Å². The summed E-state index contributed by atoms with van der Waals surface area (Å²) in [6, 6.07) is 10.2. The van der Waals surface area contributed by atoms with Gasteiger partial charge < -0.3 is 10.6 Å². The van der Waals surface area contributed by atoms with Crippen LogP contribution in [0.5, 0.6) is 0 Å². The van der Waals surface area contributed by atoms with E-state index in [9.17, 15) is 9.59 Å². The van der Waals surface area contributed by atoms with Gasteiger partial charge in [-0.3, -0.25) is 9.59 Å². The van der Waals surface area contributed by atoms with E-state index < -0.39 is 5.54 Å². The van der Waals surface area contributed by atoms with Crippen molar-refractivity contribution in [3.05, 3.63) is 35.9 Å². The first-order chi connectivity index (χ1) is 23.0. The fourth-order valence-corrected chi connectivity index (χ4v) is 6.91. The van der Waals surface area contributed by atoms with Crippen LogP contribution in [0.25, 0.3) is 0 Å². The topological polar surface area (TPSA) is 58.2 Å². The maximum absolute atomic E-state index is 14.0. The highest BCUT2D eigenvalue weighted by Gasteiger charge is 2.43. The maximum atomic E-state index is 14.0. The van der Waals surface area contributed by atoms with Gasteiger partial charge in [-0.2, -0.15) is 0 Å². The first-order valence-electron chi connectivity index (χ1n) is 20.6. The second kappa shape index (κ2) is 30.2. The lowest BCUT2D eigenvalue weighted by atomic mass is 9.77. The summed E-state index contributed by atoms with van der Waals surface area (Å²) in [6.07, 6.45) is 34.3.